The van der Waals surface area contributed by atoms with E-state index in [2.05, 4.69) is 4.98 Å². The van der Waals surface area contributed by atoms with E-state index in [1.165, 1.54) is 3.57 Å². The molecule has 1 heterocycles. The van der Waals surface area contributed by atoms with Crippen molar-refractivity contribution in [2.24, 2.45) is 0 Å². The molecular formula is C5H4ClIN-. The molecule has 0 saturated heterocycles. The fraction of sp³-hybridized carbons (Fsp3) is 0. The molecule has 0 aliphatic carbocycles. The minimum absolute atomic E-state index is 0.258. The first-order chi connectivity index (χ1) is 3.93. The number of rotatable bonds is 1. The van der Waals surface area contributed by atoms with Gasteiger partial charge in [0, 0.05) is 0 Å². The summed E-state index contributed by atoms with van der Waals surface area (Å²) >= 11 is -0.258. The fourth-order valence-electron chi connectivity index (χ4n) is 0.381. The van der Waals surface area contributed by atoms with Gasteiger partial charge in [0.25, 0.3) is 0 Å². The molecule has 0 N–H and O–H groups in total. The normalized spacial score (nSPS) is 9.62. The van der Waals surface area contributed by atoms with E-state index < -0.39 is 0 Å². The van der Waals surface area contributed by atoms with E-state index in [1.54, 1.807) is 12.4 Å². The van der Waals surface area contributed by atoms with Gasteiger partial charge in [0.05, 0.1) is 0 Å². The van der Waals surface area contributed by atoms with Gasteiger partial charge in [-0.1, -0.05) is 0 Å². The number of nitrogens with zero attached hydrogens (tertiary/aromatic N) is 1. The van der Waals surface area contributed by atoms with Crippen LogP contribution in [-0.4, -0.2) is 4.98 Å². The van der Waals surface area contributed by atoms with E-state index in [9.17, 15) is 0 Å². The summed E-state index contributed by atoms with van der Waals surface area (Å²) in [6.07, 6.45) is 3.52. The second-order valence-corrected chi connectivity index (χ2v) is 3.85. The molecular weight excluding hydrogens is 236 g/mol. The molecule has 0 radical (unpaired) electrons. The van der Waals surface area contributed by atoms with Crippen molar-refractivity contribution in [2.75, 3.05) is 0 Å². The Kier molecular flexibility index (Phi) is 2.55. The molecule has 0 aliphatic rings. The topological polar surface area (TPSA) is 12.9 Å². The third kappa shape index (κ3) is 1.59. The molecule has 1 rings (SSSR count). The van der Waals surface area contributed by atoms with Gasteiger partial charge in [-0.3, -0.25) is 0 Å². The predicted octanol–water partition coefficient (Wildman–Crippen LogP) is -1.51. The van der Waals surface area contributed by atoms with Gasteiger partial charge >= 0.3 is 62.1 Å². The Labute approximate surface area is 62.1 Å². The van der Waals surface area contributed by atoms with Crippen LogP contribution in [0.2, 0.25) is 0 Å². The average molecular weight is 240 g/mol. The number of halogens is 2. The Morgan fingerprint density at radius 3 is 2.38 bits per heavy atom. The van der Waals surface area contributed by atoms with Crippen molar-refractivity contribution in [1.29, 1.82) is 0 Å². The summed E-state index contributed by atoms with van der Waals surface area (Å²) in [6.45, 7) is 0. The van der Waals surface area contributed by atoms with Gasteiger partial charge in [-0.05, 0) is 0 Å². The second-order valence-electron chi connectivity index (χ2n) is 1.24. The van der Waals surface area contributed by atoms with Gasteiger partial charge in [-0.2, -0.15) is 0 Å². The van der Waals surface area contributed by atoms with E-state index in [4.69, 9.17) is 8.91 Å². The zero-order valence-corrected chi connectivity index (χ0v) is 6.93. The van der Waals surface area contributed by atoms with Crippen LogP contribution in [0.3, 0.4) is 0 Å². The molecule has 0 spiro atoms. The third-order valence-corrected chi connectivity index (χ3v) is 3.02. The summed E-state index contributed by atoms with van der Waals surface area (Å²) < 4.78 is 1.22. The molecule has 0 bridgehead atoms. The molecule has 0 aromatic carbocycles. The van der Waals surface area contributed by atoms with Gasteiger partial charge in [-0.25, -0.2) is 0 Å². The molecule has 0 fully saturated rings. The second kappa shape index (κ2) is 3.25. The maximum absolute atomic E-state index is 5.61. The molecule has 3 heteroatoms. The van der Waals surface area contributed by atoms with E-state index in [1.807, 2.05) is 12.1 Å². The van der Waals surface area contributed by atoms with E-state index in [-0.39, 0.29) is 20.1 Å². The Hall–Kier alpha value is 0.170. The molecule has 0 atom stereocenters. The summed E-state index contributed by atoms with van der Waals surface area (Å²) in [5.74, 6) is 0. The van der Waals surface area contributed by atoms with Crippen molar-refractivity contribution >= 4 is 8.91 Å². The van der Waals surface area contributed by atoms with Gasteiger partial charge in [0.2, 0.25) is 0 Å². The van der Waals surface area contributed by atoms with Crippen LogP contribution in [0.15, 0.2) is 24.5 Å². The first-order valence-electron chi connectivity index (χ1n) is 2.09. The molecule has 0 amide bonds. The summed E-state index contributed by atoms with van der Waals surface area (Å²) in [7, 11) is 5.61. The average Bonchev–Trinajstić information content (AvgIpc) is 1.90. The monoisotopic (exact) mass is 240 g/mol. The Morgan fingerprint density at radius 1 is 1.38 bits per heavy atom. The van der Waals surface area contributed by atoms with E-state index in [0.29, 0.717) is 0 Å². The Bertz CT molecular complexity index is 154. The van der Waals surface area contributed by atoms with Crippen molar-refractivity contribution in [3.05, 3.63) is 28.1 Å². The standard InChI is InChI=1S/C5H4ClIN/c6-7-5-1-3-8-4-2-5/h1-4H/q-1. The predicted molar refractivity (Wildman–Crippen MR) is 28.8 cm³/mol. The van der Waals surface area contributed by atoms with Crippen LogP contribution in [0.1, 0.15) is 0 Å². The van der Waals surface area contributed by atoms with Crippen LogP contribution in [0.25, 0.3) is 0 Å². The van der Waals surface area contributed by atoms with Crippen LogP contribution in [0.4, 0.5) is 0 Å². The van der Waals surface area contributed by atoms with Crippen LogP contribution in [0, 0.1) is 3.57 Å². The van der Waals surface area contributed by atoms with E-state index in [0.717, 1.165) is 0 Å². The Balaban J connectivity index is 2.83. The van der Waals surface area contributed by atoms with E-state index >= 15 is 0 Å². The van der Waals surface area contributed by atoms with Crippen LogP contribution in [0.5, 0.6) is 0 Å². The summed E-state index contributed by atoms with van der Waals surface area (Å²) in [4.78, 5) is 3.85. The first-order valence-corrected chi connectivity index (χ1v) is 5.90. The zero-order chi connectivity index (χ0) is 5.82. The van der Waals surface area contributed by atoms with Crippen molar-refractivity contribution in [2.45, 2.75) is 0 Å². The third-order valence-electron chi connectivity index (χ3n) is 0.722. The number of pyridine rings is 1. The molecule has 1 nitrogen and oxygen atoms in total. The molecule has 1 aromatic rings. The van der Waals surface area contributed by atoms with Crippen LogP contribution >= 0.6 is 8.91 Å². The van der Waals surface area contributed by atoms with Crippen molar-refractivity contribution in [3.63, 3.8) is 0 Å². The fourth-order valence-corrected chi connectivity index (χ4v) is 1.61. The molecule has 0 aliphatic heterocycles. The van der Waals surface area contributed by atoms with Crippen LogP contribution < -0.4 is 20.1 Å². The number of hydrogen-bond donors (Lipinski definition) is 0. The van der Waals surface area contributed by atoms with Crippen molar-refractivity contribution in [1.82, 2.24) is 4.98 Å². The number of hydrogen-bond acceptors (Lipinski definition) is 1. The van der Waals surface area contributed by atoms with Gasteiger partial charge in [0.15, 0.2) is 0 Å². The SMILES string of the molecule is Cl[I-]c1ccncc1. The molecule has 1 aromatic heterocycles. The Morgan fingerprint density at radius 2 is 2.00 bits per heavy atom. The van der Waals surface area contributed by atoms with Gasteiger partial charge in [-0.15, -0.1) is 0 Å². The summed E-state index contributed by atoms with van der Waals surface area (Å²) in [5, 5.41) is 0. The summed E-state index contributed by atoms with van der Waals surface area (Å²) in [5.41, 5.74) is 0. The molecule has 0 unspecified atom stereocenters. The molecule has 0 saturated carbocycles. The minimum atomic E-state index is -0.258. The molecule has 44 valence electrons. The maximum atomic E-state index is 5.61. The quantitative estimate of drug-likeness (QED) is 0.544. The van der Waals surface area contributed by atoms with Gasteiger partial charge in [0.1, 0.15) is 0 Å². The van der Waals surface area contributed by atoms with Crippen molar-refractivity contribution in [3.8, 4) is 0 Å². The number of aromatic nitrogens is 1. The summed E-state index contributed by atoms with van der Waals surface area (Å²) in [6, 6.07) is 3.89. The first kappa shape index (κ1) is 6.29. The van der Waals surface area contributed by atoms with Crippen molar-refractivity contribution < 1.29 is 20.1 Å². The van der Waals surface area contributed by atoms with Crippen LogP contribution in [-0.2, 0) is 0 Å². The zero-order valence-electron chi connectivity index (χ0n) is 4.01. The molecule has 8 heavy (non-hydrogen) atoms. The van der Waals surface area contributed by atoms with Gasteiger partial charge < -0.3 is 0 Å².